The van der Waals surface area contributed by atoms with E-state index in [9.17, 15) is 9.59 Å². The summed E-state index contributed by atoms with van der Waals surface area (Å²) in [4.78, 5) is 29.6. The van der Waals surface area contributed by atoms with Crippen molar-refractivity contribution in [2.75, 3.05) is 25.6 Å². The number of halogens is 2. The van der Waals surface area contributed by atoms with Gasteiger partial charge in [-0.25, -0.2) is 4.79 Å². The molecule has 0 bridgehead atoms. The van der Waals surface area contributed by atoms with Crippen molar-refractivity contribution < 1.29 is 13.9 Å². The lowest BCUT2D eigenvalue weighted by Crippen LogP contribution is -2.29. The summed E-state index contributed by atoms with van der Waals surface area (Å²) < 4.78 is 12.9. The Labute approximate surface area is 211 Å². The highest BCUT2D eigenvalue weighted by atomic mass is 35.5. The Morgan fingerprint density at radius 3 is 2.69 bits per heavy atom. The molecule has 1 aliphatic carbocycles. The van der Waals surface area contributed by atoms with E-state index in [2.05, 4.69) is 15.6 Å². The van der Waals surface area contributed by atoms with Gasteiger partial charge < -0.3 is 19.8 Å². The second-order valence-corrected chi connectivity index (χ2v) is 9.41. The molecule has 0 saturated heterocycles. The average molecular weight is 515 g/mol. The van der Waals surface area contributed by atoms with E-state index in [1.165, 1.54) is 0 Å². The third-order valence-electron chi connectivity index (χ3n) is 5.91. The first-order valence-corrected chi connectivity index (χ1v) is 12.1. The van der Waals surface area contributed by atoms with Crippen LogP contribution in [0.25, 0.3) is 33.3 Å². The lowest BCUT2D eigenvalue weighted by atomic mass is 10.1. The Kier molecular flexibility index (Phi) is 6.80. The number of nitrogens with one attached hydrogen (secondary N) is 2. The fourth-order valence-corrected chi connectivity index (χ4v) is 4.59. The van der Waals surface area contributed by atoms with Crippen molar-refractivity contribution in [1.29, 1.82) is 0 Å². The first-order chi connectivity index (χ1) is 16.9. The first-order valence-electron chi connectivity index (χ1n) is 11.4. The molecule has 8 nitrogen and oxygen atoms in total. The van der Waals surface area contributed by atoms with Gasteiger partial charge in [0.15, 0.2) is 11.2 Å². The van der Waals surface area contributed by atoms with Crippen LogP contribution in [0.4, 0.5) is 5.69 Å². The molecule has 4 aromatic rings. The molecular weight excluding hydrogens is 491 g/mol. The van der Waals surface area contributed by atoms with E-state index >= 15 is 0 Å². The van der Waals surface area contributed by atoms with Gasteiger partial charge in [0.2, 0.25) is 5.91 Å². The van der Waals surface area contributed by atoms with E-state index < -0.39 is 5.69 Å². The van der Waals surface area contributed by atoms with Crippen LogP contribution in [0, 0.1) is 0 Å². The fraction of sp³-hybridized carbons (Fsp3) is 0.320. The van der Waals surface area contributed by atoms with Gasteiger partial charge in [-0.3, -0.25) is 9.36 Å². The number of hydrogen-bond donors (Lipinski definition) is 2. The van der Waals surface area contributed by atoms with E-state index in [-0.39, 0.29) is 12.5 Å². The molecule has 5 rings (SSSR count). The number of aromatic nitrogens is 2. The fourth-order valence-electron chi connectivity index (χ4n) is 4.05. The number of methoxy groups -OCH3 is 1. The topological polar surface area (TPSA) is 98.4 Å². The number of ether oxygens (including phenoxy) is 1. The minimum absolute atomic E-state index is 0.104. The largest absolute Gasteiger partial charge is 0.451 e. The summed E-state index contributed by atoms with van der Waals surface area (Å²) >= 11 is 12.7. The number of amides is 1. The highest BCUT2D eigenvalue weighted by molar-refractivity contribution is 6.39. The summed E-state index contributed by atoms with van der Waals surface area (Å²) in [5.41, 5.74) is 2.76. The van der Waals surface area contributed by atoms with Gasteiger partial charge in [0, 0.05) is 48.0 Å². The van der Waals surface area contributed by atoms with E-state index in [0.29, 0.717) is 74.7 Å². The van der Waals surface area contributed by atoms with Gasteiger partial charge >= 0.3 is 5.69 Å². The predicted molar refractivity (Wildman–Crippen MR) is 137 cm³/mol. The van der Waals surface area contributed by atoms with Crippen LogP contribution < -0.4 is 16.3 Å². The third-order valence-corrected chi connectivity index (χ3v) is 6.41. The Balaban J connectivity index is 1.54. The van der Waals surface area contributed by atoms with Gasteiger partial charge in [0.25, 0.3) is 0 Å². The standard InChI is InChI=1S/C25H24Cl2N4O4/c1-34-10-2-9-31-22-18-11-15(26)12-19(27)23(18)35-24(22)21(30-25(31)33)14-3-5-17(6-4-14)29-20(32)13-28-16-7-8-16/h3-6,11-12,16,28H,2,7-10,13H2,1H3,(H,29,32). The number of benzene rings is 2. The van der Waals surface area contributed by atoms with Gasteiger partial charge in [-0.15, -0.1) is 0 Å². The van der Waals surface area contributed by atoms with Crippen molar-refractivity contribution in [3.8, 4) is 11.3 Å². The quantitative estimate of drug-likeness (QED) is 0.310. The summed E-state index contributed by atoms with van der Waals surface area (Å²) in [6.45, 7) is 1.17. The maximum Gasteiger partial charge on any atom is 0.348 e. The summed E-state index contributed by atoms with van der Waals surface area (Å²) in [7, 11) is 1.61. The molecule has 0 unspecified atom stereocenters. The van der Waals surface area contributed by atoms with Crippen molar-refractivity contribution in [3.05, 3.63) is 56.9 Å². The van der Waals surface area contributed by atoms with Gasteiger partial charge in [-0.05, 0) is 43.5 Å². The predicted octanol–water partition coefficient (Wildman–Crippen LogP) is 4.84. The van der Waals surface area contributed by atoms with Crippen molar-refractivity contribution in [2.45, 2.75) is 31.8 Å². The molecular formula is C25H24Cl2N4O4. The zero-order valence-corrected chi connectivity index (χ0v) is 20.6. The maximum absolute atomic E-state index is 13.1. The monoisotopic (exact) mass is 514 g/mol. The smallest absolute Gasteiger partial charge is 0.348 e. The summed E-state index contributed by atoms with van der Waals surface area (Å²) in [6, 6.07) is 10.9. The second-order valence-electron chi connectivity index (χ2n) is 8.57. The van der Waals surface area contributed by atoms with Crippen molar-refractivity contribution in [2.24, 2.45) is 0 Å². The molecule has 0 spiro atoms. The minimum atomic E-state index is -0.411. The molecule has 2 aromatic heterocycles. The molecule has 0 radical (unpaired) electrons. The van der Waals surface area contributed by atoms with Gasteiger partial charge in [-0.2, -0.15) is 4.98 Å². The summed E-state index contributed by atoms with van der Waals surface area (Å²) in [5, 5.41) is 7.49. The minimum Gasteiger partial charge on any atom is -0.451 e. The highest BCUT2D eigenvalue weighted by Gasteiger charge is 2.22. The zero-order valence-electron chi connectivity index (χ0n) is 19.1. The van der Waals surface area contributed by atoms with Crippen LogP contribution in [0.1, 0.15) is 19.3 Å². The highest BCUT2D eigenvalue weighted by Crippen LogP contribution is 2.38. The number of carbonyl (C=O) groups is 1. The van der Waals surface area contributed by atoms with Gasteiger partial charge in [-0.1, -0.05) is 35.3 Å². The number of nitrogens with zero attached hydrogens (tertiary/aromatic N) is 2. The molecule has 2 heterocycles. The normalized spacial score (nSPS) is 13.6. The lowest BCUT2D eigenvalue weighted by molar-refractivity contribution is -0.115. The van der Waals surface area contributed by atoms with Crippen LogP contribution in [-0.4, -0.2) is 41.8 Å². The Hall–Kier alpha value is -2.91. The number of fused-ring (bicyclic) bond motifs is 3. The Morgan fingerprint density at radius 2 is 1.97 bits per heavy atom. The second kappa shape index (κ2) is 9.99. The number of rotatable bonds is 9. The molecule has 0 atom stereocenters. The average Bonchev–Trinajstić information content (AvgIpc) is 3.59. The molecule has 0 aliphatic heterocycles. The molecule has 182 valence electrons. The number of aryl methyl sites for hydroxylation is 1. The van der Waals surface area contributed by atoms with E-state index in [1.807, 2.05) is 0 Å². The van der Waals surface area contributed by atoms with Crippen LogP contribution in [0.3, 0.4) is 0 Å². The summed E-state index contributed by atoms with van der Waals surface area (Å²) in [6.07, 6.45) is 2.86. The molecule has 1 fully saturated rings. The third kappa shape index (κ3) is 5.06. The number of anilines is 1. The molecule has 2 N–H and O–H groups in total. The van der Waals surface area contributed by atoms with Crippen LogP contribution >= 0.6 is 23.2 Å². The van der Waals surface area contributed by atoms with Crippen LogP contribution in [0.5, 0.6) is 0 Å². The lowest BCUT2D eigenvalue weighted by Gasteiger charge is -2.10. The van der Waals surface area contributed by atoms with Gasteiger partial charge in [0.05, 0.1) is 11.6 Å². The molecule has 1 aliphatic rings. The Morgan fingerprint density at radius 1 is 1.20 bits per heavy atom. The number of carbonyl (C=O) groups excluding carboxylic acids is 1. The summed E-state index contributed by atoms with van der Waals surface area (Å²) in [5.74, 6) is -0.104. The van der Waals surface area contributed by atoms with Crippen molar-refractivity contribution >= 4 is 56.9 Å². The molecule has 10 heteroatoms. The molecule has 1 saturated carbocycles. The van der Waals surface area contributed by atoms with Crippen LogP contribution in [0.2, 0.25) is 10.0 Å². The maximum atomic E-state index is 13.1. The number of furan rings is 1. The zero-order chi connectivity index (χ0) is 24.5. The Bertz CT molecular complexity index is 1460. The first kappa shape index (κ1) is 23.8. The molecule has 35 heavy (non-hydrogen) atoms. The molecule has 1 amide bonds. The van der Waals surface area contributed by atoms with Gasteiger partial charge in [0.1, 0.15) is 11.2 Å². The van der Waals surface area contributed by atoms with E-state index in [1.54, 1.807) is 48.1 Å². The molecule has 2 aromatic carbocycles. The SMILES string of the molecule is COCCCn1c(=O)nc(-c2ccc(NC(=O)CNC3CC3)cc2)c2oc3c(Cl)cc(Cl)cc3c21. The van der Waals surface area contributed by atoms with Crippen molar-refractivity contribution in [3.63, 3.8) is 0 Å². The number of hydrogen-bond acceptors (Lipinski definition) is 6. The van der Waals surface area contributed by atoms with E-state index in [0.717, 1.165) is 12.8 Å². The van der Waals surface area contributed by atoms with Crippen LogP contribution in [0.15, 0.2) is 45.6 Å². The van der Waals surface area contributed by atoms with E-state index in [4.69, 9.17) is 32.4 Å². The van der Waals surface area contributed by atoms with Crippen LogP contribution in [-0.2, 0) is 16.1 Å². The van der Waals surface area contributed by atoms with Crippen molar-refractivity contribution in [1.82, 2.24) is 14.9 Å².